The minimum Gasteiger partial charge on any atom is -0.449 e. The summed E-state index contributed by atoms with van der Waals surface area (Å²) in [6.45, 7) is 1.40. The molecule has 2 aromatic rings. The van der Waals surface area contributed by atoms with E-state index < -0.39 is 29.9 Å². The Morgan fingerprint density at radius 1 is 1.00 bits per heavy atom. The van der Waals surface area contributed by atoms with Gasteiger partial charge in [-0.05, 0) is 22.3 Å². The van der Waals surface area contributed by atoms with Crippen LogP contribution in [0.5, 0.6) is 0 Å². The third kappa shape index (κ3) is 5.68. The van der Waals surface area contributed by atoms with Gasteiger partial charge in [-0.3, -0.25) is 14.4 Å². The van der Waals surface area contributed by atoms with Crippen LogP contribution in [0.25, 0.3) is 11.1 Å². The van der Waals surface area contributed by atoms with Crippen LogP contribution >= 0.6 is 11.8 Å². The maximum absolute atomic E-state index is 12.7. The number of ether oxygens (including phenoxy) is 1. The number of amides is 4. The summed E-state index contributed by atoms with van der Waals surface area (Å²) in [7, 11) is 0. The first kappa shape index (κ1) is 25.2. The molecule has 4 amide bonds. The highest BCUT2D eigenvalue weighted by atomic mass is 32.2. The van der Waals surface area contributed by atoms with Crippen LogP contribution in [0.15, 0.2) is 48.5 Å². The molecule has 0 unspecified atom stereocenters. The molecule has 1 heterocycles. The number of thioether (sulfide) groups is 1. The number of fused-ring (bicyclic) bond motifs is 3. The van der Waals surface area contributed by atoms with Crippen molar-refractivity contribution < 1.29 is 33.5 Å². The van der Waals surface area contributed by atoms with E-state index in [-0.39, 0.29) is 42.9 Å². The highest BCUT2D eigenvalue weighted by Crippen LogP contribution is 2.44. The van der Waals surface area contributed by atoms with E-state index in [2.05, 4.69) is 10.6 Å². The molecule has 1 saturated heterocycles. The zero-order valence-corrected chi connectivity index (χ0v) is 20.3. The average molecular weight is 512 g/mol. The Balaban J connectivity index is 1.40. The molecule has 0 radical (unpaired) electrons. The molecule has 2 aliphatic rings. The Kier molecular flexibility index (Phi) is 7.89. The summed E-state index contributed by atoms with van der Waals surface area (Å²) in [5.74, 6) is -2.45. The molecule has 4 rings (SSSR count). The van der Waals surface area contributed by atoms with Crippen LogP contribution in [0, 0.1) is 0 Å². The molecule has 1 fully saturated rings. The number of hydrogen-bond donors (Lipinski definition) is 2. The molecule has 1 atom stereocenters. The number of carbonyl (C=O) groups is 5. The van der Waals surface area contributed by atoms with Gasteiger partial charge in [0.1, 0.15) is 12.6 Å². The van der Waals surface area contributed by atoms with Crippen LogP contribution in [-0.2, 0) is 28.8 Å². The van der Waals surface area contributed by atoms with E-state index in [4.69, 9.17) is 9.57 Å². The highest BCUT2D eigenvalue weighted by Gasteiger charge is 2.36. The lowest BCUT2D eigenvalue weighted by atomic mass is 9.98. The maximum Gasteiger partial charge on any atom is 0.407 e. The Hall–Kier alpha value is -3.86. The molecule has 0 saturated carbocycles. The van der Waals surface area contributed by atoms with Crippen LogP contribution < -0.4 is 10.6 Å². The summed E-state index contributed by atoms with van der Waals surface area (Å²) in [5.41, 5.74) is 4.24. The summed E-state index contributed by atoms with van der Waals surface area (Å²) in [5, 5.41) is 5.46. The fraction of sp³-hybridized carbons (Fsp3) is 0.320. The van der Waals surface area contributed by atoms with Crippen molar-refractivity contribution in [2.24, 2.45) is 0 Å². The van der Waals surface area contributed by atoms with E-state index in [0.717, 1.165) is 34.0 Å². The number of carbonyl (C=O) groups excluding carboxylic acids is 5. The lowest BCUT2D eigenvalue weighted by Crippen LogP contribution is -2.47. The third-order valence-electron chi connectivity index (χ3n) is 5.81. The molecule has 36 heavy (non-hydrogen) atoms. The van der Waals surface area contributed by atoms with E-state index >= 15 is 0 Å². The number of hydrogen-bond acceptors (Lipinski definition) is 8. The van der Waals surface area contributed by atoms with Gasteiger partial charge in [0, 0.05) is 31.4 Å². The van der Waals surface area contributed by atoms with Crippen LogP contribution in [0.4, 0.5) is 4.79 Å². The molecule has 11 heteroatoms. The average Bonchev–Trinajstić information content (AvgIpc) is 3.36. The van der Waals surface area contributed by atoms with E-state index in [9.17, 15) is 24.0 Å². The van der Waals surface area contributed by atoms with Crippen molar-refractivity contribution in [1.29, 1.82) is 0 Å². The SMILES string of the molecule is CC(=O)NCSC[C@@H](NC(=O)OCC1c2ccccc2-c2ccccc21)C(=O)ON1C(=O)CCC1=O. The molecule has 1 aliphatic heterocycles. The fourth-order valence-corrected chi connectivity index (χ4v) is 4.97. The normalized spacial score (nSPS) is 15.2. The smallest absolute Gasteiger partial charge is 0.407 e. The molecule has 0 bridgehead atoms. The number of rotatable bonds is 9. The molecule has 0 spiro atoms. The monoisotopic (exact) mass is 511 g/mol. The summed E-state index contributed by atoms with van der Waals surface area (Å²) in [6, 6.07) is 14.6. The van der Waals surface area contributed by atoms with Gasteiger partial charge in [0.25, 0.3) is 11.8 Å². The molecular weight excluding hydrogens is 486 g/mol. The van der Waals surface area contributed by atoms with Crippen molar-refractivity contribution >= 4 is 41.5 Å². The van der Waals surface area contributed by atoms with Crippen molar-refractivity contribution in [2.75, 3.05) is 18.2 Å². The molecule has 1 aliphatic carbocycles. The number of benzene rings is 2. The van der Waals surface area contributed by atoms with E-state index in [1.165, 1.54) is 6.92 Å². The van der Waals surface area contributed by atoms with Gasteiger partial charge in [0.15, 0.2) is 0 Å². The minimum atomic E-state index is -1.22. The number of nitrogens with one attached hydrogen (secondary N) is 2. The molecule has 188 valence electrons. The van der Waals surface area contributed by atoms with Gasteiger partial charge in [-0.1, -0.05) is 48.5 Å². The Bertz CT molecular complexity index is 1140. The molecular formula is C25H25N3O7S. The van der Waals surface area contributed by atoms with Gasteiger partial charge in [0.05, 0.1) is 5.88 Å². The van der Waals surface area contributed by atoms with Crippen molar-refractivity contribution in [3.63, 3.8) is 0 Å². The fourth-order valence-electron chi connectivity index (χ4n) is 4.09. The maximum atomic E-state index is 12.7. The topological polar surface area (TPSA) is 131 Å². The summed E-state index contributed by atoms with van der Waals surface area (Å²) < 4.78 is 5.49. The van der Waals surface area contributed by atoms with Crippen LogP contribution in [0.1, 0.15) is 36.8 Å². The van der Waals surface area contributed by atoms with Crippen molar-refractivity contribution in [1.82, 2.24) is 15.7 Å². The zero-order chi connectivity index (χ0) is 25.7. The van der Waals surface area contributed by atoms with E-state index in [1.54, 1.807) is 0 Å². The van der Waals surface area contributed by atoms with Crippen molar-refractivity contribution in [3.05, 3.63) is 59.7 Å². The minimum absolute atomic E-state index is 0.0134. The molecule has 2 N–H and O–H groups in total. The summed E-state index contributed by atoms with van der Waals surface area (Å²) >= 11 is 1.15. The van der Waals surface area contributed by atoms with Gasteiger partial charge in [-0.15, -0.1) is 16.8 Å². The van der Waals surface area contributed by atoms with Gasteiger partial charge in [0.2, 0.25) is 5.91 Å². The lowest BCUT2D eigenvalue weighted by molar-refractivity contribution is -0.198. The number of alkyl carbamates (subject to hydrolysis) is 1. The largest absolute Gasteiger partial charge is 0.449 e. The second-order valence-corrected chi connectivity index (χ2v) is 9.29. The standard InChI is InChI=1S/C25H25N3O7S/c1-15(29)26-14-36-13-21(24(32)35-28-22(30)10-11-23(28)31)27-25(33)34-12-20-18-8-4-2-6-16(18)17-7-3-5-9-19(17)20/h2-9,20-21H,10-14H2,1H3,(H,26,29)(H,27,33)/t21-/m1/s1. The molecule has 10 nitrogen and oxygen atoms in total. The highest BCUT2D eigenvalue weighted by molar-refractivity contribution is 7.99. The quantitative estimate of drug-likeness (QED) is 0.298. The lowest BCUT2D eigenvalue weighted by Gasteiger charge is -2.20. The predicted octanol–water partition coefficient (Wildman–Crippen LogP) is 2.33. The van der Waals surface area contributed by atoms with Gasteiger partial charge in [-0.2, -0.15) is 0 Å². The summed E-state index contributed by atoms with van der Waals surface area (Å²) in [6.07, 6.45) is -0.945. The van der Waals surface area contributed by atoms with Crippen LogP contribution in [0.3, 0.4) is 0 Å². The summed E-state index contributed by atoms with van der Waals surface area (Å²) in [4.78, 5) is 65.1. The Morgan fingerprint density at radius 2 is 1.58 bits per heavy atom. The van der Waals surface area contributed by atoms with Gasteiger partial charge >= 0.3 is 12.1 Å². The van der Waals surface area contributed by atoms with Crippen LogP contribution in [-0.4, -0.2) is 59.1 Å². The first-order chi connectivity index (χ1) is 17.3. The predicted molar refractivity (Wildman–Crippen MR) is 130 cm³/mol. The first-order valence-electron chi connectivity index (χ1n) is 11.4. The zero-order valence-electron chi connectivity index (χ0n) is 19.5. The Labute approximate surface area is 211 Å². The number of nitrogens with zero attached hydrogens (tertiary/aromatic N) is 1. The van der Waals surface area contributed by atoms with Crippen molar-refractivity contribution in [3.8, 4) is 11.1 Å². The van der Waals surface area contributed by atoms with Crippen molar-refractivity contribution in [2.45, 2.75) is 31.7 Å². The molecule has 0 aromatic heterocycles. The van der Waals surface area contributed by atoms with Crippen LogP contribution in [0.2, 0.25) is 0 Å². The van der Waals surface area contributed by atoms with Gasteiger partial charge < -0.3 is 20.2 Å². The Morgan fingerprint density at radius 3 is 2.17 bits per heavy atom. The first-order valence-corrected chi connectivity index (χ1v) is 12.5. The second-order valence-electron chi connectivity index (χ2n) is 8.26. The number of imide groups is 1. The second kappa shape index (κ2) is 11.3. The number of hydroxylamine groups is 2. The third-order valence-corrected chi connectivity index (χ3v) is 6.73. The van der Waals surface area contributed by atoms with Gasteiger partial charge in [-0.25, -0.2) is 9.59 Å². The molecule has 2 aromatic carbocycles. The van der Waals surface area contributed by atoms with E-state index in [1.807, 2.05) is 48.5 Å². The van der Waals surface area contributed by atoms with E-state index in [0.29, 0.717) is 5.06 Å².